The Morgan fingerprint density at radius 1 is 1.15 bits per heavy atom. The van der Waals surface area contributed by atoms with Crippen LogP contribution in [0.2, 0.25) is 0 Å². The Kier molecular flexibility index (Phi) is 6.55. The van der Waals surface area contributed by atoms with Crippen LogP contribution in [0.25, 0.3) is 0 Å². The summed E-state index contributed by atoms with van der Waals surface area (Å²) in [7, 11) is -3.46. The van der Waals surface area contributed by atoms with Crippen LogP contribution >= 0.6 is 0 Å². The first-order valence-electron chi connectivity index (χ1n) is 9.95. The summed E-state index contributed by atoms with van der Waals surface area (Å²) in [5.74, 6) is 0.253. The fraction of sp³-hybridized carbons (Fsp3) is 0.650. The van der Waals surface area contributed by atoms with Crippen molar-refractivity contribution in [3.8, 4) is 0 Å². The minimum atomic E-state index is -3.46. The smallest absolute Gasteiger partial charge is 0.281 e. The molecule has 1 aromatic rings. The van der Waals surface area contributed by atoms with Crippen LogP contribution < -0.4 is 5.32 Å². The van der Waals surface area contributed by atoms with Crippen molar-refractivity contribution < 1.29 is 13.2 Å². The molecule has 2 saturated heterocycles. The Morgan fingerprint density at radius 3 is 2.59 bits per heavy atom. The van der Waals surface area contributed by atoms with E-state index >= 15 is 0 Å². The summed E-state index contributed by atoms with van der Waals surface area (Å²) >= 11 is 0. The molecular weight excluding hydrogens is 362 g/mol. The van der Waals surface area contributed by atoms with Gasteiger partial charge in [-0.1, -0.05) is 36.8 Å². The quantitative estimate of drug-likeness (QED) is 0.834. The number of amides is 1. The van der Waals surface area contributed by atoms with Gasteiger partial charge in [0.15, 0.2) is 0 Å². The predicted octanol–water partition coefficient (Wildman–Crippen LogP) is 2.30. The first-order valence-corrected chi connectivity index (χ1v) is 11.3. The zero-order chi connectivity index (χ0) is 19.4. The second kappa shape index (κ2) is 8.71. The Bertz CT molecular complexity index is 757. The highest BCUT2D eigenvalue weighted by Gasteiger charge is 2.36. The first-order chi connectivity index (χ1) is 12.9. The van der Waals surface area contributed by atoms with Crippen LogP contribution in [-0.4, -0.2) is 49.1 Å². The molecule has 1 atom stereocenters. The van der Waals surface area contributed by atoms with Crippen LogP contribution in [0, 0.1) is 18.8 Å². The fourth-order valence-corrected chi connectivity index (χ4v) is 5.63. The number of rotatable bonds is 5. The predicted molar refractivity (Wildman–Crippen MR) is 106 cm³/mol. The molecule has 1 aromatic carbocycles. The van der Waals surface area contributed by atoms with Crippen molar-refractivity contribution in [2.24, 2.45) is 11.8 Å². The molecule has 1 amide bonds. The highest BCUT2D eigenvalue weighted by molar-refractivity contribution is 7.86. The van der Waals surface area contributed by atoms with Crippen LogP contribution in [0.5, 0.6) is 0 Å². The third-order valence-electron chi connectivity index (χ3n) is 5.70. The van der Waals surface area contributed by atoms with E-state index in [-0.39, 0.29) is 18.4 Å². The molecular formula is C20H31N3O3S. The van der Waals surface area contributed by atoms with Gasteiger partial charge >= 0.3 is 0 Å². The molecule has 0 saturated carbocycles. The van der Waals surface area contributed by atoms with E-state index in [9.17, 15) is 13.2 Å². The fourth-order valence-electron chi connectivity index (χ4n) is 3.90. The third-order valence-corrected chi connectivity index (χ3v) is 7.70. The van der Waals surface area contributed by atoms with Crippen molar-refractivity contribution in [3.05, 3.63) is 35.4 Å². The lowest BCUT2D eigenvalue weighted by atomic mass is 9.98. The molecule has 0 aliphatic carbocycles. The Morgan fingerprint density at radius 2 is 1.89 bits per heavy atom. The van der Waals surface area contributed by atoms with Crippen molar-refractivity contribution >= 4 is 16.1 Å². The normalized spacial score (nSPS) is 23.3. The van der Waals surface area contributed by atoms with Crippen LogP contribution in [0.1, 0.15) is 43.7 Å². The number of nitrogens with zero attached hydrogens (tertiary/aromatic N) is 2. The summed E-state index contributed by atoms with van der Waals surface area (Å²) in [5.41, 5.74) is 2.22. The standard InChI is InChI=1S/C20H31N3O3S/c1-16-8-11-22(12-9-16)27(25,26)23-10-4-7-19(15-23)20(24)21-14-18-6-3-5-17(2)13-18/h3,5-6,13,16,19H,4,7-12,14-15H2,1-2H3,(H,21,24)/t19-/m1/s1. The molecule has 2 aliphatic rings. The molecule has 7 heteroatoms. The van der Waals surface area contributed by atoms with Crippen molar-refractivity contribution in [2.75, 3.05) is 26.2 Å². The minimum Gasteiger partial charge on any atom is -0.352 e. The maximum atomic E-state index is 13.0. The summed E-state index contributed by atoms with van der Waals surface area (Å²) in [6.07, 6.45) is 3.29. The summed E-state index contributed by atoms with van der Waals surface area (Å²) in [5, 5.41) is 2.98. The SMILES string of the molecule is Cc1cccc(CNC(=O)[C@@H]2CCCN(S(=O)(=O)N3CCC(C)CC3)C2)c1. The molecule has 27 heavy (non-hydrogen) atoms. The van der Waals surface area contributed by atoms with E-state index in [1.54, 1.807) is 4.31 Å². The molecule has 0 spiro atoms. The van der Waals surface area contributed by atoms with Crippen molar-refractivity contribution in [1.29, 1.82) is 0 Å². The van der Waals surface area contributed by atoms with E-state index in [1.807, 2.05) is 25.1 Å². The van der Waals surface area contributed by atoms with Crippen LogP contribution in [0.3, 0.4) is 0 Å². The number of hydrogen-bond acceptors (Lipinski definition) is 3. The van der Waals surface area contributed by atoms with Crippen molar-refractivity contribution in [1.82, 2.24) is 13.9 Å². The lowest BCUT2D eigenvalue weighted by Crippen LogP contribution is -2.52. The maximum absolute atomic E-state index is 13.0. The van der Waals surface area contributed by atoms with Gasteiger partial charge in [-0.05, 0) is 44.1 Å². The van der Waals surface area contributed by atoms with Crippen molar-refractivity contribution in [2.45, 2.75) is 46.1 Å². The first kappa shape index (κ1) is 20.3. The van der Waals surface area contributed by atoms with Gasteiger partial charge in [-0.2, -0.15) is 17.0 Å². The number of nitrogens with one attached hydrogen (secondary N) is 1. The van der Waals surface area contributed by atoms with Gasteiger partial charge in [0, 0.05) is 32.7 Å². The van der Waals surface area contributed by atoms with Gasteiger partial charge in [0.2, 0.25) is 5.91 Å². The summed E-state index contributed by atoms with van der Waals surface area (Å²) in [6.45, 7) is 6.64. The molecule has 6 nitrogen and oxygen atoms in total. The van der Waals surface area contributed by atoms with Crippen molar-refractivity contribution in [3.63, 3.8) is 0 Å². The number of carbonyl (C=O) groups excluding carboxylic acids is 1. The topological polar surface area (TPSA) is 69.7 Å². The molecule has 2 aliphatic heterocycles. The number of piperidine rings is 2. The zero-order valence-corrected chi connectivity index (χ0v) is 17.2. The van der Waals surface area contributed by atoms with Crippen LogP contribution in [0.15, 0.2) is 24.3 Å². The number of carbonyl (C=O) groups is 1. The average Bonchev–Trinajstić information content (AvgIpc) is 2.66. The maximum Gasteiger partial charge on any atom is 0.281 e. The van der Waals surface area contributed by atoms with E-state index in [0.717, 1.165) is 36.8 Å². The van der Waals surface area contributed by atoms with E-state index < -0.39 is 10.2 Å². The Labute approximate surface area is 163 Å². The van der Waals surface area contributed by atoms with Gasteiger partial charge < -0.3 is 5.32 Å². The largest absolute Gasteiger partial charge is 0.352 e. The average molecular weight is 394 g/mol. The molecule has 0 unspecified atom stereocenters. The number of hydrogen-bond donors (Lipinski definition) is 1. The molecule has 0 aromatic heterocycles. The molecule has 0 bridgehead atoms. The molecule has 150 valence electrons. The van der Waals surface area contributed by atoms with Gasteiger partial charge in [-0.15, -0.1) is 0 Å². The number of benzene rings is 1. The highest BCUT2D eigenvalue weighted by Crippen LogP contribution is 2.25. The van der Waals surface area contributed by atoms with E-state index in [4.69, 9.17) is 0 Å². The van der Waals surface area contributed by atoms with E-state index in [0.29, 0.717) is 32.1 Å². The van der Waals surface area contributed by atoms with Gasteiger partial charge in [-0.25, -0.2) is 0 Å². The van der Waals surface area contributed by atoms with E-state index in [1.165, 1.54) is 4.31 Å². The molecule has 2 heterocycles. The molecule has 0 radical (unpaired) electrons. The van der Waals surface area contributed by atoms with Crippen LogP contribution in [0.4, 0.5) is 0 Å². The summed E-state index contributed by atoms with van der Waals surface area (Å²) in [4.78, 5) is 12.6. The summed E-state index contributed by atoms with van der Waals surface area (Å²) < 4.78 is 29.0. The zero-order valence-electron chi connectivity index (χ0n) is 16.4. The molecule has 3 rings (SSSR count). The van der Waals surface area contributed by atoms with Gasteiger partial charge in [0.1, 0.15) is 0 Å². The second-order valence-corrected chi connectivity index (χ2v) is 9.92. The molecule has 2 fully saturated rings. The van der Waals surface area contributed by atoms with Crippen LogP contribution in [-0.2, 0) is 21.5 Å². The Hall–Kier alpha value is -1.44. The monoisotopic (exact) mass is 393 g/mol. The lowest BCUT2D eigenvalue weighted by Gasteiger charge is -2.37. The highest BCUT2D eigenvalue weighted by atomic mass is 32.2. The Balaban J connectivity index is 1.57. The second-order valence-electron chi connectivity index (χ2n) is 7.99. The lowest BCUT2D eigenvalue weighted by molar-refractivity contribution is -0.126. The molecule has 1 N–H and O–H groups in total. The minimum absolute atomic E-state index is 0.0522. The number of aryl methyl sites for hydroxylation is 1. The third kappa shape index (κ3) is 5.09. The van der Waals surface area contributed by atoms with Gasteiger partial charge in [0.05, 0.1) is 5.92 Å². The van der Waals surface area contributed by atoms with E-state index in [2.05, 4.69) is 18.3 Å². The van der Waals surface area contributed by atoms with Gasteiger partial charge in [0.25, 0.3) is 10.2 Å². The van der Waals surface area contributed by atoms with Gasteiger partial charge in [-0.3, -0.25) is 4.79 Å². The summed E-state index contributed by atoms with van der Waals surface area (Å²) in [6, 6.07) is 8.04.